The Morgan fingerprint density at radius 3 is 2.61 bits per heavy atom. The van der Waals surface area contributed by atoms with E-state index in [-0.39, 0.29) is 21.7 Å². The highest BCUT2D eigenvalue weighted by Crippen LogP contribution is 2.28. The number of aromatic nitrogens is 2. The smallest absolute Gasteiger partial charge is 0.273 e. The van der Waals surface area contributed by atoms with Crippen LogP contribution in [0.2, 0.25) is 5.02 Å². The molecule has 4 rings (SSSR count). The monoisotopic (exact) mass is 439 g/mol. The fourth-order valence-electron chi connectivity index (χ4n) is 3.15. The van der Waals surface area contributed by atoms with Gasteiger partial charge in [-0.2, -0.15) is 0 Å². The van der Waals surface area contributed by atoms with Gasteiger partial charge in [0.15, 0.2) is 5.65 Å². The average molecular weight is 440 g/mol. The molecule has 2 N–H and O–H groups in total. The minimum Gasteiger partial charge on any atom is -0.506 e. The quantitative estimate of drug-likeness (QED) is 0.498. The summed E-state index contributed by atoms with van der Waals surface area (Å²) in [5, 5.41) is 13.2. The number of carbonyl (C=O) groups excluding carboxylic acids is 1. The molecule has 31 heavy (non-hydrogen) atoms. The number of aromatic hydroxyl groups is 1. The van der Waals surface area contributed by atoms with Gasteiger partial charge in [-0.05, 0) is 54.6 Å². The lowest BCUT2D eigenvalue weighted by atomic mass is 10.1. The van der Waals surface area contributed by atoms with E-state index in [4.69, 9.17) is 16.3 Å². The molecule has 2 heterocycles. The fraction of sp³-hybridized carbons (Fsp3) is 0.0455. The summed E-state index contributed by atoms with van der Waals surface area (Å²) in [5.74, 6) is -1.46. The average Bonchev–Trinajstić information content (AvgIpc) is 2.77. The van der Waals surface area contributed by atoms with Gasteiger partial charge in [0.2, 0.25) is 0 Å². The first-order chi connectivity index (χ1) is 14.9. The van der Waals surface area contributed by atoms with Crippen LogP contribution in [0.15, 0.2) is 65.6 Å². The molecule has 2 aromatic carbocycles. The lowest BCUT2D eigenvalue weighted by molar-refractivity contribution is 0.102. The first-order valence-electron chi connectivity index (χ1n) is 9.04. The highest BCUT2D eigenvalue weighted by molar-refractivity contribution is 6.31. The molecule has 0 saturated heterocycles. The molecular formula is C22H15ClFN3O4. The number of nitrogens with one attached hydrogen (secondary N) is 1. The van der Waals surface area contributed by atoms with Crippen LogP contribution >= 0.6 is 11.6 Å². The molecule has 156 valence electrons. The maximum absolute atomic E-state index is 13.4. The Labute approximate surface area is 180 Å². The van der Waals surface area contributed by atoms with Crippen molar-refractivity contribution in [3.63, 3.8) is 0 Å². The first kappa shape index (κ1) is 20.4. The molecule has 0 atom stereocenters. The summed E-state index contributed by atoms with van der Waals surface area (Å²) >= 11 is 5.75. The molecular weight excluding hydrogens is 425 g/mol. The molecule has 0 saturated carbocycles. The molecule has 0 aliphatic heterocycles. The molecule has 0 aliphatic rings. The lowest BCUT2D eigenvalue weighted by Crippen LogP contribution is -2.29. The van der Waals surface area contributed by atoms with E-state index in [2.05, 4.69) is 10.3 Å². The Morgan fingerprint density at radius 1 is 1.19 bits per heavy atom. The number of ether oxygens (including phenoxy) is 1. The van der Waals surface area contributed by atoms with Crippen molar-refractivity contribution in [2.75, 3.05) is 12.4 Å². The van der Waals surface area contributed by atoms with Crippen molar-refractivity contribution in [2.45, 2.75) is 0 Å². The van der Waals surface area contributed by atoms with E-state index in [9.17, 15) is 19.1 Å². The van der Waals surface area contributed by atoms with Crippen LogP contribution in [-0.4, -0.2) is 27.7 Å². The molecule has 0 unspecified atom stereocenters. The van der Waals surface area contributed by atoms with E-state index < -0.39 is 28.6 Å². The number of anilines is 1. The summed E-state index contributed by atoms with van der Waals surface area (Å²) in [6.45, 7) is 0. The molecule has 4 aromatic rings. The second-order valence-corrected chi connectivity index (χ2v) is 6.93. The van der Waals surface area contributed by atoms with Crippen LogP contribution in [0.4, 0.5) is 10.1 Å². The second-order valence-electron chi connectivity index (χ2n) is 6.52. The molecule has 0 aliphatic carbocycles. The molecule has 0 radical (unpaired) electrons. The summed E-state index contributed by atoms with van der Waals surface area (Å²) in [6.07, 6.45) is 1.47. The van der Waals surface area contributed by atoms with Crippen molar-refractivity contribution in [2.24, 2.45) is 0 Å². The summed E-state index contributed by atoms with van der Waals surface area (Å²) in [4.78, 5) is 30.4. The zero-order valence-electron chi connectivity index (χ0n) is 16.1. The minimum atomic E-state index is -0.877. The van der Waals surface area contributed by atoms with E-state index in [1.165, 1.54) is 30.0 Å². The first-order valence-corrected chi connectivity index (χ1v) is 9.42. The predicted octanol–water partition coefficient (Wildman–Crippen LogP) is 4.14. The van der Waals surface area contributed by atoms with Gasteiger partial charge >= 0.3 is 0 Å². The van der Waals surface area contributed by atoms with Crippen LogP contribution in [0.5, 0.6) is 11.5 Å². The predicted molar refractivity (Wildman–Crippen MR) is 115 cm³/mol. The van der Waals surface area contributed by atoms with Crippen LogP contribution in [0, 0.1) is 5.82 Å². The number of hydrogen-bond donors (Lipinski definition) is 2. The van der Waals surface area contributed by atoms with Gasteiger partial charge in [-0.15, -0.1) is 0 Å². The third-order valence-electron chi connectivity index (χ3n) is 4.64. The van der Waals surface area contributed by atoms with Crippen molar-refractivity contribution in [3.05, 3.63) is 87.6 Å². The summed E-state index contributed by atoms with van der Waals surface area (Å²) in [5.41, 5.74) is -0.501. The Balaban J connectivity index is 1.90. The minimum absolute atomic E-state index is 0.164. The zero-order chi connectivity index (χ0) is 22.1. The van der Waals surface area contributed by atoms with Crippen molar-refractivity contribution < 1.29 is 19.0 Å². The molecule has 9 heteroatoms. The molecule has 7 nitrogen and oxygen atoms in total. The standard InChI is InChI=1S/C22H15ClFN3O4/c1-31-14-7-5-13(6-8-14)27-20-15(3-2-10-25-20)19(28)18(22(27)30)21(29)26-12-4-9-17(24)16(23)11-12/h2-11,28H,1H3,(H,26,29). The number of halogens is 2. The third-order valence-corrected chi connectivity index (χ3v) is 4.93. The van der Waals surface area contributed by atoms with Crippen LogP contribution in [0.1, 0.15) is 10.4 Å². The van der Waals surface area contributed by atoms with Gasteiger partial charge in [-0.3, -0.25) is 14.2 Å². The highest BCUT2D eigenvalue weighted by atomic mass is 35.5. The third kappa shape index (κ3) is 3.69. The topological polar surface area (TPSA) is 93.5 Å². The van der Waals surface area contributed by atoms with Crippen molar-refractivity contribution in [3.8, 4) is 17.2 Å². The van der Waals surface area contributed by atoms with E-state index in [0.29, 0.717) is 11.4 Å². The van der Waals surface area contributed by atoms with Gasteiger partial charge in [0.05, 0.1) is 23.2 Å². The summed E-state index contributed by atoms with van der Waals surface area (Å²) in [6, 6.07) is 13.3. The Bertz CT molecular complexity index is 1370. The fourth-order valence-corrected chi connectivity index (χ4v) is 3.33. The number of pyridine rings is 2. The van der Waals surface area contributed by atoms with Gasteiger partial charge in [0.1, 0.15) is 22.9 Å². The number of methoxy groups -OCH3 is 1. The van der Waals surface area contributed by atoms with E-state index in [1.807, 2.05) is 0 Å². The van der Waals surface area contributed by atoms with Gasteiger partial charge < -0.3 is 15.2 Å². The maximum Gasteiger partial charge on any atom is 0.273 e. The van der Waals surface area contributed by atoms with Crippen molar-refractivity contribution >= 4 is 34.2 Å². The zero-order valence-corrected chi connectivity index (χ0v) is 16.9. The van der Waals surface area contributed by atoms with Gasteiger partial charge in [0, 0.05) is 11.9 Å². The number of carbonyl (C=O) groups is 1. The van der Waals surface area contributed by atoms with Crippen LogP contribution in [0.3, 0.4) is 0 Å². The van der Waals surface area contributed by atoms with E-state index >= 15 is 0 Å². The number of hydrogen-bond acceptors (Lipinski definition) is 5. The summed E-state index contributed by atoms with van der Waals surface area (Å²) < 4.78 is 19.8. The Kier molecular flexibility index (Phi) is 5.31. The molecule has 0 fully saturated rings. The van der Waals surface area contributed by atoms with E-state index in [0.717, 1.165) is 6.07 Å². The number of rotatable bonds is 4. The van der Waals surface area contributed by atoms with Crippen molar-refractivity contribution in [1.29, 1.82) is 0 Å². The lowest BCUT2D eigenvalue weighted by Gasteiger charge is -2.14. The number of amides is 1. The second kappa shape index (κ2) is 8.08. The largest absolute Gasteiger partial charge is 0.506 e. The van der Waals surface area contributed by atoms with Gasteiger partial charge in [0.25, 0.3) is 11.5 Å². The van der Waals surface area contributed by atoms with E-state index in [1.54, 1.807) is 36.4 Å². The number of benzene rings is 2. The Hall–Kier alpha value is -3.91. The highest BCUT2D eigenvalue weighted by Gasteiger charge is 2.24. The molecule has 0 bridgehead atoms. The van der Waals surface area contributed by atoms with Gasteiger partial charge in [-0.25, -0.2) is 9.37 Å². The summed E-state index contributed by atoms with van der Waals surface area (Å²) in [7, 11) is 1.52. The molecule has 2 aromatic heterocycles. The number of fused-ring (bicyclic) bond motifs is 1. The SMILES string of the molecule is COc1ccc(-n2c(=O)c(C(=O)Nc3ccc(F)c(Cl)c3)c(O)c3cccnc32)cc1. The molecule has 1 amide bonds. The normalized spacial score (nSPS) is 10.8. The maximum atomic E-state index is 13.4. The Morgan fingerprint density at radius 2 is 1.94 bits per heavy atom. The van der Waals surface area contributed by atoms with Crippen molar-refractivity contribution in [1.82, 2.24) is 9.55 Å². The van der Waals surface area contributed by atoms with Crippen LogP contribution in [-0.2, 0) is 0 Å². The molecule has 0 spiro atoms. The van der Waals surface area contributed by atoms with Crippen LogP contribution < -0.4 is 15.6 Å². The van der Waals surface area contributed by atoms with Crippen LogP contribution in [0.25, 0.3) is 16.7 Å². The van der Waals surface area contributed by atoms with Gasteiger partial charge in [-0.1, -0.05) is 11.6 Å². The number of nitrogens with zero attached hydrogens (tertiary/aromatic N) is 2.